The number of hydrogen-bond acceptors (Lipinski definition) is 2. The molecule has 66 valence electrons. The highest BCUT2D eigenvalue weighted by Crippen LogP contribution is 2.28. The summed E-state index contributed by atoms with van der Waals surface area (Å²) in [5.41, 5.74) is 4.65. The maximum absolute atomic E-state index is 10.8. The number of aliphatic carboxylic acids is 1. The monoisotopic (exact) mass is 159 g/mol. The summed E-state index contributed by atoms with van der Waals surface area (Å²) in [6.07, 6.45) is 0.847. The molecule has 0 rings (SSSR count). The zero-order chi connectivity index (χ0) is 9.07. The van der Waals surface area contributed by atoms with Crippen LogP contribution in [0, 0.1) is 11.3 Å². The lowest BCUT2D eigenvalue weighted by molar-refractivity contribution is -0.150. The van der Waals surface area contributed by atoms with E-state index in [1.54, 1.807) is 6.92 Å². The Labute approximate surface area is 67.6 Å². The molecular weight excluding hydrogens is 142 g/mol. The van der Waals surface area contributed by atoms with Crippen molar-refractivity contribution in [3.63, 3.8) is 0 Å². The molecule has 2 atom stereocenters. The molecule has 0 saturated carbocycles. The summed E-state index contributed by atoms with van der Waals surface area (Å²) in [6, 6.07) is 0. The molecule has 0 aliphatic carbocycles. The fourth-order valence-electron chi connectivity index (χ4n) is 0.950. The lowest BCUT2D eigenvalue weighted by Gasteiger charge is -2.28. The second kappa shape index (κ2) is 3.72. The van der Waals surface area contributed by atoms with Crippen molar-refractivity contribution in [3.05, 3.63) is 0 Å². The minimum absolute atomic E-state index is 0.130. The molecule has 0 amide bonds. The van der Waals surface area contributed by atoms with Gasteiger partial charge in [-0.3, -0.25) is 4.79 Å². The third-order valence-electron chi connectivity index (χ3n) is 2.61. The Bertz CT molecular complexity index is 147. The van der Waals surface area contributed by atoms with Crippen molar-refractivity contribution in [2.45, 2.75) is 27.2 Å². The van der Waals surface area contributed by atoms with Gasteiger partial charge in [0.05, 0.1) is 5.41 Å². The van der Waals surface area contributed by atoms with E-state index in [4.69, 9.17) is 10.8 Å². The van der Waals surface area contributed by atoms with Crippen LogP contribution in [0.4, 0.5) is 0 Å². The van der Waals surface area contributed by atoms with Crippen LogP contribution in [0.5, 0.6) is 0 Å². The molecule has 11 heavy (non-hydrogen) atoms. The molecule has 0 heterocycles. The van der Waals surface area contributed by atoms with E-state index in [-0.39, 0.29) is 12.5 Å². The van der Waals surface area contributed by atoms with Crippen LogP contribution in [0.2, 0.25) is 0 Å². The van der Waals surface area contributed by atoms with Crippen LogP contribution in [0.1, 0.15) is 27.2 Å². The highest BCUT2D eigenvalue weighted by atomic mass is 16.4. The quantitative estimate of drug-likeness (QED) is 0.645. The summed E-state index contributed by atoms with van der Waals surface area (Å²) in [5, 5.41) is 8.85. The molecule has 0 aromatic heterocycles. The summed E-state index contributed by atoms with van der Waals surface area (Å²) < 4.78 is 0. The van der Waals surface area contributed by atoms with Gasteiger partial charge in [0.1, 0.15) is 0 Å². The number of carboxylic acid groups (broad SMARTS) is 1. The number of nitrogens with two attached hydrogens (primary N) is 1. The molecule has 0 radical (unpaired) electrons. The van der Waals surface area contributed by atoms with Gasteiger partial charge in [0.25, 0.3) is 0 Å². The Balaban J connectivity index is 4.45. The van der Waals surface area contributed by atoms with Gasteiger partial charge in [0.15, 0.2) is 0 Å². The molecule has 0 fully saturated rings. The molecule has 0 aliphatic heterocycles. The predicted molar refractivity (Wildman–Crippen MR) is 44.3 cm³/mol. The van der Waals surface area contributed by atoms with E-state index < -0.39 is 11.4 Å². The Morgan fingerprint density at radius 1 is 1.73 bits per heavy atom. The zero-order valence-electron chi connectivity index (χ0n) is 7.42. The maximum Gasteiger partial charge on any atom is 0.310 e. The molecule has 0 spiro atoms. The highest BCUT2D eigenvalue weighted by molar-refractivity contribution is 5.74. The third-order valence-corrected chi connectivity index (χ3v) is 2.61. The molecule has 0 bridgehead atoms. The van der Waals surface area contributed by atoms with E-state index >= 15 is 0 Å². The van der Waals surface area contributed by atoms with Gasteiger partial charge in [0.2, 0.25) is 0 Å². The van der Waals surface area contributed by atoms with Gasteiger partial charge in [-0.1, -0.05) is 20.3 Å². The smallest absolute Gasteiger partial charge is 0.310 e. The Kier molecular flexibility index (Phi) is 3.52. The van der Waals surface area contributed by atoms with Gasteiger partial charge < -0.3 is 10.8 Å². The summed E-state index contributed by atoms with van der Waals surface area (Å²) in [5.74, 6) is -0.667. The molecule has 0 saturated heterocycles. The topological polar surface area (TPSA) is 63.3 Å². The lowest BCUT2D eigenvalue weighted by atomic mass is 9.77. The number of carbonyl (C=O) groups is 1. The minimum Gasteiger partial charge on any atom is -0.481 e. The normalized spacial score (nSPS) is 18.9. The lowest BCUT2D eigenvalue weighted by Crippen LogP contribution is -2.41. The van der Waals surface area contributed by atoms with Crippen molar-refractivity contribution >= 4 is 5.97 Å². The second-order valence-electron chi connectivity index (χ2n) is 3.24. The molecule has 0 aromatic rings. The zero-order valence-corrected chi connectivity index (χ0v) is 7.42. The third kappa shape index (κ3) is 1.93. The van der Waals surface area contributed by atoms with Gasteiger partial charge >= 0.3 is 5.97 Å². The average Bonchev–Trinajstić information content (AvgIpc) is 2.01. The standard InChI is InChI=1S/C8H17NO2/c1-4-6(2)8(3,5-9)7(10)11/h6H,4-5,9H2,1-3H3,(H,10,11). The van der Waals surface area contributed by atoms with Crippen LogP contribution in [0.25, 0.3) is 0 Å². The van der Waals surface area contributed by atoms with E-state index in [2.05, 4.69) is 0 Å². The second-order valence-corrected chi connectivity index (χ2v) is 3.24. The maximum atomic E-state index is 10.8. The molecule has 3 nitrogen and oxygen atoms in total. The summed E-state index contributed by atoms with van der Waals surface area (Å²) in [4.78, 5) is 10.8. The van der Waals surface area contributed by atoms with E-state index in [0.717, 1.165) is 6.42 Å². The Hall–Kier alpha value is -0.570. The Morgan fingerprint density at radius 3 is 2.27 bits per heavy atom. The van der Waals surface area contributed by atoms with E-state index in [0.29, 0.717) is 0 Å². The van der Waals surface area contributed by atoms with Crippen LogP contribution >= 0.6 is 0 Å². The van der Waals surface area contributed by atoms with Gasteiger partial charge in [-0.15, -0.1) is 0 Å². The van der Waals surface area contributed by atoms with Crippen LogP contribution < -0.4 is 5.73 Å². The molecule has 3 N–H and O–H groups in total. The number of rotatable bonds is 4. The van der Waals surface area contributed by atoms with Gasteiger partial charge in [-0.05, 0) is 12.8 Å². The van der Waals surface area contributed by atoms with Crippen LogP contribution in [-0.4, -0.2) is 17.6 Å². The fraction of sp³-hybridized carbons (Fsp3) is 0.875. The predicted octanol–water partition coefficient (Wildman–Crippen LogP) is 1.08. The van der Waals surface area contributed by atoms with E-state index in [1.165, 1.54) is 0 Å². The van der Waals surface area contributed by atoms with Crippen molar-refractivity contribution < 1.29 is 9.90 Å². The fourth-order valence-corrected chi connectivity index (χ4v) is 0.950. The van der Waals surface area contributed by atoms with Crippen LogP contribution in [0.15, 0.2) is 0 Å². The molecule has 2 unspecified atom stereocenters. The van der Waals surface area contributed by atoms with Gasteiger partial charge in [0, 0.05) is 6.54 Å². The first-order valence-corrected chi connectivity index (χ1v) is 3.92. The van der Waals surface area contributed by atoms with Crippen LogP contribution in [0.3, 0.4) is 0 Å². The molecule has 0 aliphatic rings. The summed E-state index contributed by atoms with van der Waals surface area (Å²) in [7, 11) is 0. The van der Waals surface area contributed by atoms with Crippen LogP contribution in [-0.2, 0) is 4.79 Å². The first-order valence-electron chi connectivity index (χ1n) is 3.92. The van der Waals surface area contributed by atoms with E-state index in [9.17, 15) is 4.79 Å². The van der Waals surface area contributed by atoms with Crippen molar-refractivity contribution in [1.82, 2.24) is 0 Å². The average molecular weight is 159 g/mol. The first kappa shape index (κ1) is 10.4. The molecular formula is C8H17NO2. The van der Waals surface area contributed by atoms with Crippen molar-refractivity contribution in [2.75, 3.05) is 6.54 Å². The van der Waals surface area contributed by atoms with Crippen molar-refractivity contribution in [1.29, 1.82) is 0 Å². The summed E-state index contributed by atoms with van der Waals surface area (Å²) in [6.45, 7) is 5.79. The van der Waals surface area contributed by atoms with Gasteiger partial charge in [-0.2, -0.15) is 0 Å². The summed E-state index contributed by atoms with van der Waals surface area (Å²) >= 11 is 0. The van der Waals surface area contributed by atoms with E-state index in [1.807, 2.05) is 13.8 Å². The van der Waals surface area contributed by atoms with Crippen molar-refractivity contribution in [2.24, 2.45) is 17.1 Å². The molecule has 0 aromatic carbocycles. The van der Waals surface area contributed by atoms with Gasteiger partial charge in [-0.25, -0.2) is 0 Å². The number of hydrogen-bond donors (Lipinski definition) is 2. The first-order chi connectivity index (χ1) is 4.99. The number of carboxylic acids is 1. The molecule has 3 heteroatoms. The Morgan fingerprint density at radius 2 is 2.18 bits per heavy atom. The largest absolute Gasteiger partial charge is 0.481 e. The minimum atomic E-state index is -0.797. The SMILES string of the molecule is CCC(C)C(C)(CN)C(=O)O. The highest BCUT2D eigenvalue weighted by Gasteiger charge is 2.36. The van der Waals surface area contributed by atoms with Crippen molar-refractivity contribution in [3.8, 4) is 0 Å².